The molecule has 0 radical (unpaired) electrons. The summed E-state index contributed by atoms with van der Waals surface area (Å²) in [5.74, 6) is 1.72. The van der Waals surface area contributed by atoms with E-state index in [0.717, 1.165) is 22.6 Å². The number of nitriles is 1. The maximum atomic E-state index is 8.97. The second-order valence-corrected chi connectivity index (χ2v) is 4.76. The summed E-state index contributed by atoms with van der Waals surface area (Å²) in [6.07, 6.45) is 0. The highest BCUT2D eigenvalue weighted by atomic mass is 32.1. The maximum Gasteiger partial charge on any atom is 0.178 e. The standard InChI is InChI=1S/C14H11N3OS/c1-9-2-4-11(18-9)8-17-13-6-10(7-15)3-5-12(13)16-14(17)19/h2-6H,8H2,1H3,(H,16,19). The molecule has 0 atom stereocenters. The lowest BCUT2D eigenvalue weighted by atomic mass is 10.2. The molecule has 4 nitrogen and oxygen atoms in total. The van der Waals surface area contributed by atoms with Crippen molar-refractivity contribution in [2.24, 2.45) is 0 Å². The Bertz CT molecular complexity index is 848. The lowest BCUT2D eigenvalue weighted by Gasteiger charge is -2.02. The Morgan fingerprint density at radius 3 is 2.89 bits per heavy atom. The molecule has 3 aromatic rings. The van der Waals surface area contributed by atoms with Gasteiger partial charge in [-0.3, -0.25) is 0 Å². The highest BCUT2D eigenvalue weighted by molar-refractivity contribution is 7.71. The lowest BCUT2D eigenvalue weighted by Crippen LogP contribution is -1.98. The molecule has 0 aliphatic heterocycles. The highest BCUT2D eigenvalue weighted by Gasteiger charge is 2.08. The zero-order chi connectivity index (χ0) is 13.4. The minimum absolute atomic E-state index is 0.557. The molecule has 0 saturated carbocycles. The zero-order valence-corrected chi connectivity index (χ0v) is 11.1. The van der Waals surface area contributed by atoms with Gasteiger partial charge in [-0.15, -0.1) is 0 Å². The molecule has 3 rings (SSSR count). The van der Waals surface area contributed by atoms with Crippen molar-refractivity contribution in [3.63, 3.8) is 0 Å². The molecule has 0 saturated heterocycles. The first kappa shape index (κ1) is 11.8. The number of benzene rings is 1. The number of fused-ring (bicyclic) bond motifs is 1. The van der Waals surface area contributed by atoms with E-state index in [1.165, 1.54) is 0 Å². The number of rotatable bonds is 2. The van der Waals surface area contributed by atoms with Gasteiger partial charge < -0.3 is 14.0 Å². The van der Waals surface area contributed by atoms with E-state index in [9.17, 15) is 0 Å². The summed E-state index contributed by atoms with van der Waals surface area (Å²) in [5.41, 5.74) is 2.45. The predicted octanol–water partition coefficient (Wildman–Crippen LogP) is 3.52. The molecule has 19 heavy (non-hydrogen) atoms. The molecule has 0 aliphatic carbocycles. The number of nitrogens with zero attached hydrogens (tertiary/aromatic N) is 2. The Balaban J connectivity index is 2.14. The highest BCUT2D eigenvalue weighted by Crippen LogP contribution is 2.18. The van der Waals surface area contributed by atoms with Crippen LogP contribution in [0.15, 0.2) is 34.7 Å². The van der Waals surface area contributed by atoms with Gasteiger partial charge in [-0.05, 0) is 49.5 Å². The van der Waals surface area contributed by atoms with Gasteiger partial charge in [0.15, 0.2) is 4.77 Å². The van der Waals surface area contributed by atoms with Crippen molar-refractivity contribution in [2.75, 3.05) is 0 Å². The lowest BCUT2D eigenvalue weighted by molar-refractivity contribution is 0.471. The second kappa shape index (κ2) is 4.41. The second-order valence-electron chi connectivity index (χ2n) is 4.37. The number of hydrogen-bond donors (Lipinski definition) is 1. The molecule has 2 aromatic heterocycles. The van der Waals surface area contributed by atoms with E-state index < -0.39 is 0 Å². The molecule has 0 fully saturated rings. The van der Waals surface area contributed by atoms with Gasteiger partial charge in [-0.25, -0.2) is 0 Å². The van der Waals surface area contributed by atoms with Crippen LogP contribution in [-0.4, -0.2) is 9.55 Å². The maximum absolute atomic E-state index is 8.97. The van der Waals surface area contributed by atoms with E-state index in [2.05, 4.69) is 11.1 Å². The van der Waals surface area contributed by atoms with E-state index >= 15 is 0 Å². The molecule has 2 heterocycles. The summed E-state index contributed by atoms with van der Waals surface area (Å²) in [7, 11) is 0. The van der Waals surface area contributed by atoms with Gasteiger partial charge >= 0.3 is 0 Å². The van der Waals surface area contributed by atoms with Crippen molar-refractivity contribution >= 4 is 23.3 Å². The summed E-state index contributed by atoms with van der Waals surface area (Å²) in [4.78, 5) is 3.13. The topological polar surface area (TPSA) is 57.6 Å². The Morgan fingerprint density at radius 1 is 1.37 bits per heavy atom. The average molecular weight is 269 g/mol. The van der Waals surface area contributed by atoms with E-state index in [0.29, 0.717) is 16.9 Å². The molecular formula is C14H11N3OS. The van der Waals surface area contributed by atoms with Gasteiger partial charge in [0.2, 0.25) is 0 Å². The van der Waals surface area contributed by atoms with E-state index in [4.69, 9.17) is 21.9 Å². The van der Waals surface area contributed by atoms with Gasteiger partial charge in [0, 0.05) is 0 Å². The monoisotopic (exact) mass is 269 g/mol. The first-order chi connectivity index (χ1) is 9.17. The van der Waals surface area contributed by atoms with Crippen LogP contribution in [0.2, 0.25) is 0 Å². The van der Waals surface area contributed by atoms with Crippen LogP contribution in [0, 0.1) is 23.0 Å². The van der Waals surface area contributed by atoms with Crippen molar-refractivity contribution in [1.82, 2.24) is 9.55 Å². The molecule has 94 valence electrons. The third kappa shape index (κ3) is 2.07. The molecular weight excluding hydrogens is 258 g/mol. The first-order valence-corrected chi connectivity index (χ1v) is 6.26. The Labute approximate surface area is 114 Å². The summed E-state index contributed by atoms with van der Waals surface area (Å²) in [5, 5.41) is 8.97. The van der Waals surface area contributed by atoms with Gasteiger partial charge in [-0.2, -0.15) is 5.26 Å². The van der Waals surface area contributed by atoms with Crippen LogP contribution in [0.4, 0.5) is 0 Å². The number of aromatic amines is 1. The van der Waals surface area contributed by atoms with E-state index in [-0.39, 0.29) is 0 Å². The van der Waals surface area contributed by atoms with Gasteiger partial charge in [-0.1, -0.05) is 0 Å². The molecule has 0 aliphatic rings. The van der Waals surface area contributed by atoms with Crippen molar-refractivity contribution in [2.45, 2.75) is 13.5 Å². The van der Waals surface area contributed by atoms with Gasteiger partial charge in [0.25, 0.3) is 0 Å². The van der Waals surface area contributed by atoms with Gasteiger partial charge in [0.1, 0.15) is 11.5 Å². The van der Waals surface area contributed by atoms with E-state index in [1.807, 2.05) is 35.8 Å². The minimum atomic E-state index is 0.557. The summed E-state index contributed by atoms with van der Waals surface area (Å²) >= 11 is 5.32. The molecule has 1 N–H and O–H groups in total. The van der Waals surface area contributed by atoms with Crippen LogP contribution in [0.3, 0.4) is 0 Å². The summed E-state index contributed by atoms with van der Waals surface area (Å²) in [6, 6.07) is 11.5. The Morgan fingerprint density at radius 2 is 2.21 bits per heavy atom. The summed E-state index contributed by atoms with van der Waals surface area (Å²) < 4.78 is 8.13. The molecule has 0 amide bonds. The number of hydrogen-bond acceptors (Lipinski definition) is 3. The molecule has 1 aromatic carbocycles. The quantitative estimate of drug-likeness (QED) is 0.724. The largest absolute Gasteiger partial charge is 0.464 e. The van der Waals surface area contributed by atoms with Crippen LogP contribution < -0.4 is 0 Å². The fraction of sp³-hybridized carbons (Fsp3) is 0.143. The van der Waals surface area contributed by atoms with Crippen LogP contribution in [-0.2, 0) is 6.54 Å². The Kier molecular flexibility index (Phi) is 2.73. The third-order valence-electron chi connectivity index (χ3n) is 3.01. The van der Waals surface area contributed by atoms with Crippen molar-refractivity contribution in [3.05, 3.63) is 52.2 Å². The number of nitrogens with one attached hydrogen (secondary N) is 1. The third-order valence-corrected chi connectivity index (χ3v) is 3.34. The van der Waals surface area contributed by atoms with Gasteiger partial charge in [0.05, 0.1) is 29.2 Å². The van der Waals surface area contributed by atoms with E-state index in [1.54, 1.807) is 6.07 Å². The normalized spacial score (nSPS) is 10.7. The number of imidazole rings is 1. The Hall–Kier alpha value is -2.32. The first-order valence-electron chi connectivity index (χ1n) is 5.85. The molecule has 5 heteroatoms. The van der Waals surface area contributed by atoms with Crippen molar-refractivity contribution in [1.29, 1.82) is 5.26 Å². The molecule has 0 bridgehead atoms. The molecule has 0 spiro atoms. The SMILES string of the molecule is Cc1ccc(Cn2c(=S)[nH]c3ccc(C#N)cc32)o1. The van der Waals surface area contributed by atoms with Crippen LogP contribution >= 0.6 is 12.2 Å². The van der Waals surface area contributed by atoms with Crippen LogP contribution in [0.25, 0.3) is 11.0 Å². The molecule has 0 unspecified atom stereocenters. The minimum Gasteiger partial charge on any atom is -0.464 e. The number of aromatic nitrogens is 2. The van der Waals surface area contributed by atoms with Crippen LogP contribution in [0.1, 0.15) is 17.1 Å². The average Bonchev–Trinajstić information content (AvgIpc) is 2.94. The zero-order valence-electron chi connectivity index (χ0n) is 10.3. The van der Waals surface area contributed by atoms with Crippen LogP contribution in [0.5, 0.6) is 0 Å². The smallest absolute Gasteiger partial charge is 0.178 e. The van der Waals surface area contributed by atoms with Crippen molar-refractivity contribution in [3.8, 4) is 6.07 Å². The number of H-pyrrole nitrogens is 1. The number of aryl methyl sites for hydroxylation is 1. The summed E-state index contributed by atoms with van der Waals surface area (Å²) in [6.45, 7) is 2.47. The fourth-order valence-electron chi connectivity index (χ4n) is 2.11. The fourth-order valence-corrected chi connectivity index (χ4v) is 2.38. The predicted molar refractivity (Wildman–Crippen MR) is 74.4 cm³/mol. The number of furan rings is 1. The van der Waals surface area contributed by atoms with Crippen molar-refractivity contribution < 1.29 is 4.42 Å².